The molecule has 0 amide bonds. The van der Waals surface area contributed by atoms with Crippen LogP contribution >= 0.6 is 0 Å². The van der Waals surface area contributed by atoms with Crippen LogP contribution in [0.2, 0.25) is 0 Å². The van der Waals surface area contributed by atoms with Crippen molar-refractivity contribution >= 4 is 5.97 Å². The van der Waals surface area contributed by atoms with Gasteiger partial charge in [0.15, 0.2) is 0 Å². The van der Waals surface area contributed by atoms with Crippen LogP contribution in [0.1, 0.15) is 71.6 Å². The number of unbranched alkanes of at least 4 members (excludes halogenated alkanes) is 1. The SMILES string of the molecule is C=C(C)C(=O)OCC1(CCCC)CC2CC1C1C3CC(C4C5CCC(C5)C34)C21. The van der Waals surface area contributed by atoms with Crippen LogP contribution in [0.3, 0.4) is 0 Å². The van der Waals surface area contributed by atoms with E-state index in [1.54, 1.807) is 26.2 Å². The molecule has 6 fully saturated rings. The zero-order chi connectivity index (χ0) is 19.2. The molecule has 0 aromatic carbocycles. The van der Waals surface area contributed by atoms with Crippen LogP contribution in [0.15, 0.2) is 12.2 Å². The van der Waals surface area contributed by atoms with E-state index in [9.17, 15) is 4.79 Å². The minimum atomic E-state index is -0.170. The zero-order valence-electron chi connectivity index (χ0n) is 17.9. The summed E-state index contributed by atoms with van der Waals surface area (Å²) in [5.41, 5.74) is 0.835. The lowest BCUT2D eigenvalue weighted by molar-refractivity contribution is -0.146. The molecule has 0 saturated heterocycles. The van der Waals surface area contributed by atoms with E-state index in [1.165, 1.54) is 38.5 Å². The lowest BCUT2D eigenvalue weighted by atomic mass is 9.54. The highest BCUT2D eigenvalue weighted by molar-refractivity contribution is 5.86. The summed E-state index contributed by atoms with van der Waals surface area (Å²) in [7, 11) is 0. The average Bonchev–Trinajstić information content (AvgIpc) is 3.48. The number of hydrogen-bond donors (Lipinski definition) is 0. The van der Waals surface area contributed by atoms with Crippen LogP contribution in [0.25, 0.3) is 0 Å². The second-order valence-corrected chi connectivity index (χ2v) is 11.8. The minimum absolute atomic E-state index is 0.170. The van der Waals surface area contributed by atoms with E-state index in [1.807, 2.05) is 0 Å². The lowest BCUT2D eigenvalue weighted by Crippen LogP contribution is -2.47. The van der Waals surface area contributed by atoms with Gasteiger partial charge in [-0.15, -0.1) is 0 Å². The number of carbonyl (C=O) groups is 1. The summed E-state index contributed by atoms with van der Waals surface area (Å²) in [5, 5.41) is 0. The van der Waals surface area contributed by atoms with Crippen molar-refractivity contribution in [3.8, 4) is 0 Å². The van der Waals surface area contributed by atoms with E-state index in [2.05, 4.69) is 13.5 Å². The molecule has 6 bridgehead atoms. The van der Waals surface area contributed by atoms with Gasteiger partial charge in [0.2, 0.25) is 0 Å². The Labute approximate surface area is 170 Å². The molecule has 0 spiro atoms. The first kappa shape index (κ1) is 18.0. The topological polar surface area (TPSA) is 26.3 Å². The largest absolute Gasteiger partial charge is 0.462 e. The molecule has 6 saturated carbocycles. The minimum Gasteiger partial charge on any atom is -0.462 e. The molecule has 6 aliphatic rings. The Morgan fingerprint density at radius 1 is 1.00 bits per heavy atom. The highest BCUT2D eigenvalue weighted by atomic mass is 16.5. The van der Waals surface area contributed by atoms with E-state index >= 15 is 0 Å². The second kappa shape index (κ2) is 6.11. The molecule has 0 heterocycles. The first-order valence-corrected chi connectivity index (χ1v) is 12.4. The number of esters is 1. The van der Waals surface area contributed by atoms with Gasteiger partial charge in [-0.25, -0.2) is 4.79 Å². The molecule has 2 nitrogen and oxygen atoms in total. The third kappa shape index (κ3) is 2.19. The summed E-state index contributed by atoms with van der Waals surface area (Å²) in [6.07, 6.45) is 12.8. The third-order valence-corrected chi connectivity index (χ3v) is 10.9. The first-order valence-electron chi connectivity index (χ1n) is 12.4. The molecule has 154 valence electrons. The maximum atomic E-state index is 12.2. The molecule has 6 rings (SSSR count). The van der Waals surface area contributed by atoms with Crippen LogP contribution in [0.4, 0.5) is 0 Å². The lowest BCUT2D eigenvalue weighted by Gasteiger charge is -2.51. The monoisotopic (exact) mass is 382 g/mol. The van der Waals surface area contributed by atoms with Crippen molar-refractivity contribution in [3.05, 3.63) is 12.2 Å². The summed E-state index contributed by atoms with van der Waals surface area (Å²) in [6, 6.07) is 0. The van der Waals surface area contributed by atoms with Gasteiger partial charge >= 0.3 is 5.97 Å². The third-order valence-electron chi connectivity index (χ3n) is 10.9. The Morgan fingerprint density at radius 3 is 2.36 bits per heavy atom. The van der Waals surface area contributed by atoms with Crippen molar-refractivity contribution in [2.75, 3.05) is 6.61 Å². The van der Waals surface area contributed by atoms with E-state index in [0.717, 1.165) is 59.2 Å². The molecule has 0 N–H and O–H groups in total. The number of ether oxygens (including phenoxy) is 1. The average molecular weight is 383 g/mol. The van der Waals surface area contributed by atoms with Gasteiger partial charge in [-0.05, 0) is 111 Å². The molecule has 11 unspecified atom stereocenters. The fraction of sp³-hybridized carbons (Fsp3) is 0.885. The van der Waals surface area contributed by atoms with Crippen molar-refractivity contribution in [2.24, 2.45) is 64.6 Å². The van der Waals surface area contributed by atoms with Gasteiger partial charge in [0.05, 0.1) is 6.61 Å². The number of hydrogen-bond acceptors (Lipinski definition) is 2. The molecular formula is C26H38O2. The van der Waals surface area contributed by atoms with Gasteiger partial charge in [0, 0.05) is 11.0 Å². The quantitative estimate of drug-likeness (QED) is 0.326. The fourth-order valence-corrected chi connectivity index (χ4v) is 10.5. The second-order valence-electron chi connectivity index (χ2n) is 11.8. The predicted molar refractivity (Wildman–Crippen MR) is 110 cm³/mol. The fourth-order valence-electron chi connectivity index (χ4n) is 10.5. The van der Waals surface area contributed by atoms with E-state index in [4.69, 9.17) is 4.74 Å². The molecule has 6 aliphatic carbocycles. The summed E-state index contributed by atoms with van der Waals surface area (Å²) >= 11 is 0. The normalized spacial score (nSPS) is 54.2. The van der Waals surface area contributed by atoms with Crippen molar-refractivity contribution in [1.29, 1.82) is 0 Å². The zero-order valence-corrected chi connectivity index (χ0v) is 17.9. The van der Waals surface area contributed by atoms with Crippen LogP contribution in [0.5, 0.6) is 0 Å². The summed E-state index contributed by atoms with van der Waals surface area (Å²) in [5.74, 6) is 10.1. The van der Waals surface area contributed by atoms with Gasteiger partial charge < -0.3 is 4.74 Å². The van der Waals surface area contributed by atoms with Gasteiger partial charge in [-0.1, -0.05) is 26.3 Å². The molecule has 0 aromatic heterocycles. The van der Waals surface area contributed by atoms with E-state index in [-0.39, 0.29) is 11.4 Å². The number of fused-ring (bicyclic) bond motifs is 16. The standard InChI is InChI=1S/C26H38O2/c1-4-5-8-26(13-28-25(27)14(2)3)12-17-10-20(26)24-19-11-18(23(17)24)21-15-6-7-16(9-15)22(19)21/h15-24H,2,4-13H2,1,3H3. The molecule has 0 aliphatic heterocycles. The van der Waals surface area contributed by atoms with E-state index in [0.29, 0.717) is 12.2 Å². The van der Waals surface area contributed by atoms with Crippen LogP contribution in [-0.2, 0) is 9.53 Å². The summed E-state index contributed by atoms with van der Waals surface area (Å²) < 4.78 is 5.87. The first-order chi connectivity index (χ1) is 13.5. The molecule has 2 heteroatoms. The summed E-state index contributed by atoms with van der Waals surface area (Å²) in [6.45, 7) is 8.56. The molecule has 0 radical (unpaired) electrons. The molecule has 28 heavy (non-hydrogen) atoms. The van der Waals surface area contributed by atoms with Crippen LogP contribution in [-0.4, -0.2) is 12.6 Å². The van der Waals surface area contributed by atoms with E-state index < -0.39 is 0 Å². The van der Waals surface area contributed by atoms with Crippen LogP contribution in [0, 0.1) is 64.6 Å². The number of carbonyl (C=O) groups excluding carboxylic acids is 1. The van der Waals surface area contributed by atoms with Gasteiger partial charge in [0.25, 0.3) is 0 Å². The van der Waals surface area contributed by atoms with Gasteiger partial charge in [0.1, 0.15) is 0 Å². The highest BCUT2D eigenvalue weighted by Crippen LogP contribution is 2.79. The number of rotatable bonds is 6. The molecule has 0 aromatic rings. The maximum Gasteiger partial charge on any atom is 0.333 e. The van der Waals surface area contributed by atoms with Crippen LogP contribution < -0.4 is 0 Å². The Hall–Kier alpha value is -0.790. The van der Waals surface area contributed by atoms with Crippen molar-refractivity contribution in [3.63, 3.8) is 0 Å². The Morgan fingerprint density at radius 2 is 1.68 bits per heavy atom. The smallest absolute Gasteiger partial charge is 0.333 e. The molecular weight excluding hydrogens is 344 g/mol. The van der Waals surface area contributed by atoms with Crippen molar-refractivity contribution < 1.29 is 9.53 Å². The predicted octanol–water partition coefficient (Wildman–Crippen LogP) is 5.87. The van der Waals surface area contributed by atoms with Gasteiger partial charge in [-0.2, -0.15) is 0 Å². The maximum absolute atomic E-state index is 12.2. The van der Waals surface area contributed by atoms with Crippen molar-refractivity contribution in [2.45, 2.75) is 71.6 Å². The highest BCUT2D eigenvalue weighted by Gasteiger charge is 2.73. The van der Waals surface area contributed by atoms with Gasteiger partial charge in [-0.3, -0.25) is 0 Å². The Bertz CT molecular complexity index is 697. The Kier molecular flexibility index (Phi) is 3.93. The summed E-state index contributed by atoms with van der Waals surface area (Å²) in [4.78, 5) is 12.2. The molecule has 11 atom stereocenters. The van der Waals surface area contributed by atoms with Crippen molar-refractivity contribution in [1.82, 2.24) is 0 Å². The Balaban J connectivity index is 1.27.